The van der Waals surface area contributed by atoms with Crippen LogP contribution in [0.4, 0.5) is 35.0 Å². The van der Waals surface area contributed by atoms with Crippen molar-refractivity contribution in [3.05, 3.63) is 53.6 Å². The lowest BCUT2D eigenvalue weighted by Crippen LogP contribution is -2.58. The number of hydrogen-bond donors (Lipinski definition) is 2. The van der Waals surface area contributed by atoms with Crippen molar-refractivity contribution in [3.8, 4) is 6.07 Å². The number of carbonyl (C=O) groups is 4. The Labute approximate surface area is 335 Å². The number of halogens is 3. The lowest BCUT2D eigenvalue weighted by atomic mass is 9.93. The minimum Gasteiger partial charge on any atom is -0.378 e. The Morgan fingerprint density at radius 3 is 2.40 bits per heavy atom. The van der Waals surface area contributed by atoms with Crippen LogP contribution in [0.15, 0.2) is 42.5 Å². The molecule has 2 atom stereocenters. The largest absolute Gasteiger partial charge is 0.417 e. The van der Waals surface area contributed by atoms with Gasteiger partial charge in [-0.1, -0.05) is 6.07 Å². The van der Waals surface area contributed by atoms with Gasteiger partial charge in [-0.05, 0) is 83.4 Å². The normalized spacial score (nSPS) is 23.5. The molecule has 0 spiro atoms. The van der Waals surface area contributed by atoms with Crippen LogP contribution >= 0.6 is 12.2 Å². The lowest BCUT2D eigenvalue weighted by molar-refractivity contribution is -0.468. The predicted octanol–water partition coefficient (Wildman–Crippen LogP) is 5.27. The van der Waals surface area contributed by atoms with Crippen LogP contribution in [-0.4, -0.2) is 112 Å². The highest BCUT2D eigenvalue weighted by molar-refractivity contribution is 7.80. The zero-order chi connectivity index (χ0) is 41.2. The van der Waals surface area contributed by atoms with Gasteiger partial charge >= 0.3 is 23.2 Å². The van der Waals surface area contributed by atoms with Gasteiger partial charge in [0.1, 0.15) is 5.69 Å². The first-order valence-corrected chi connectivity index (χ1v) is 19.6. The van der Waals surface area contributed by atoms with Gasteiger partial charge in [0.05, 0.1) is 35.6 Å². The van der Waals surface area contributed by atoms with Crippen molar-refractivity contribution < 1.29 is 41.7 Å². The van der Waals surface area contributed by atoms with Gasteiger partial charge in [0, 0.05) is 87.7 Å². The number of urea groups is 1. The van der Waals surface area contributed by atoms with Crippen LogP contribution in [0.1, 0.15) is 77.3 Å². The minimum atomic E-state index is -4.77. The summed E-state index contributed by atoms with van der Waals surface area (Å²) in [4.78, 5) is 57.7. The smallest absolute Gasteiger partial charge is 0.378 e. The second-order valence-electron chi connectivity index (χ2n) is 15.6. The van der Waals surface area contributed by atoms with Gasteiger partial charge in [0.15, 0.2) is 0 Å². The van der Waals surface area contributed by atoms with Crippen LogP contribution < -0.4 is 20.4 Å². The first-order valence-electron chi connectivity index (χ1n) is 19.2. The Morgan fingerprint density at radius 1 is 1.05 bits per heavy atom. The van der Waals surface area contributed by atoms with E-state index >= 15 is 0 Å². The number of imide groups is 1. The monoisotopic (exact) mass is 809 g/mol. The third-order valence-electron chi connectivity index (χ3n) is 11.2. The molecule has 304 valence electrons. The topological polar surface area (TPSA) is 141 Å². The summed E-state index contributed by atoms with van der Waals surface area (Å²) < 4.78 is 49.2. The first kappa shape index (κ1) is 41.9. The molecule has 0 unspecified atom stereocenters. The number of amides is 5. The Balaban J connectivity index is 0.951. The van der Waals surface area contributed by atoms with Crippen LogP contribution in [-0.2, 0) is 25.3 Å². The minimum absolute atomic E-state index is 0.0228. The molecule has 13 nitrogen and oxygen atoms in total. The van der Waals surface area contributed by atoms with Gasteiger partial charge in [-0.3, -0.25) is 24.7 Å². The summed E-state index contributed by atoms with van der Waals surface area (Å²) in [5.74, 6) is -0.890. The van der Waals surface area contributed by atoms with Crippen molar-refractivity contribution in [2.24, 2.45) is 0 Å². The molecule has 3 heterocycles. The summed E-state index contributed by atoms with van der Waals surface area (Å²) >= 11 is 5.71. The number of carbonyl (C=O) groups excluding carboxylic acids is 4. The Morgan fingerprint density at radius 2 is 1.75 bits per heavy atom. The van der Waals surface area contributed by atoms with Gasteiger partial charge < -0.3 is 15.0 Å². The van der Waals surface area contributed by atoms with E-state index < -0.39 is 34.8 Å². The van der Waals surface area contributed by atoms with E-state index in [4.69, 9.17) is 17.0 Å². The molecule has 1 aliphatic carbocycles. The molecule has 17 heteroatoms. The van der Waals surface area contributed by atoms with Crippen molar-refractivity contribution in [1.29, 1.82) is 5.26 Å². The number of rotatable bonds is 10. The molecule has 3 aliphatic heterocycles. The molecule has 3 saturated heterocycles. The number of benzene rings is 2. The predicted molar refractivity (Wildman–Crippen MR) is 211 cm³/mol. The van der Waals surface area contributed by atoms with Crippen molar-refractivity contribution in [3.63, 3.8) is 0 Å². The average molecular weight is 810 g/mol. The molecule has 0 radical (unpaired) electrons. The number of nitrogens with zero attached hydrogens (tertiary/aromatic N) is 6. The van der Waals surface area contributed by atoms with Crippen LogP contribution in [0.5, 0.6) is 0 Å². The highest BCUT2D eigenvalue weighted by Crippen LogP contribution is 2.37. The summed E-state index contributed by atoms with van der Waals surface area (Å²) in [5.41, 5.74) is -0.641. The molecule has 57 heavy (non-hydrogen) atoms. The van der Waals surface area contributed by atoms with Gasteiger partial charge in [0.2, 0.25) is 17.4 Å². The molecule has 6 rings (SSSR count). The second-order valence-corrected chi connectivity index (χ2v) is 16.0. The summed E-state index contributed by atoms with van der Waals surface area (Å²) in [6, 6.07) is 11.6. The Bertz CT molecular complexity index is 1990. The summed E-state index contributed by atoms with van der Waals surface area (Å²) in [5, 5.41) is 14.6. The number of thiocarbonyl (C=S) groups is 1. The zero-order valence-electron chi connectivity index (χ0n) is 32.5. The first-order chi connectivity index (χ1) is 27.0. The molecule has 0 bridgehead atoms. The van der Waals surface area contributed by atoms with Gasteiger partial charge in [-0.2, -0.15) is 18.4 Å². The highest BCUT2D eigenvalue weighted by Gasteiger charge is 2.57. The van der Waals surface area contributed by atoms with Crippen molar-refractivity contribution in [2.75, 3.05) is 54.4 Å². The van der Waals surface area contributed by atoms with Gasteiger partial charge in [0.25, 0.3) is 0 Å². The number of nitriles is 1. The van der Waals surface area contributed by atoms with E-state index in [-0.39, 0.29) is 60.3 Å². The molecular weight excluding hydrogens is 762 g/mol. The zero-order valence-corrected chi connectivity index (χ0v) is 33.3. The molecular formula is C40H48F3N8O5S+. The number of piperazine rings is 1. The van der Waals surface area contributed by atoms with Gasteiger partial charge in [-0.15, -0.1) is 4.90 Å². The highest BCUT2D eigenvalue weighted by atomic mass is 32.1. The summed E-state index contributed by atoms with van der Waals surface area (Å²) in [6.45, 7) is 11.2. The average Bonchev–Trinajstić information content (AvgIpc) is 3.33. The fourth-order valence-electron chi connectivity index (χ4n) is 8.30. The molecule has 4 aliphatic rings. The maximum absolute atomic E-state index is 13.7. The molecule has 4 fully saturated rings. The molecule has 1 saturated carbocycles. The SMILES string of the molecule is C[C@@H]1CN(CCCOC2CCC(=[N+]3C(=S)N(c4ccc(C#N)c(C(F)(F)F)c4)C(=O)C3(C)C)CC2)C[C@H](C)N1CC(=O)Nc1cccc(N2CCC(=O)NC2=O)c1. The Hall–Kier alpha value is -4.76. The molecule has 2 aromatic rings. The fraction of sp³-hybridized carbons (Fsp3) is 0.525. The Kier molecular flexibility index (Phi) is 12.5. The number of hydrogen-bond acceptors (Lipinski definition) is 9. The van der Waals surface area contributed by atoms with Crippen molar-refractivity contribution >= 4 is 63.9 Å². The van der Waals surface area contributed by atoms with E-state index in [1.807, 2.05) is 0 Å². The van der Waals surface area contributed by atoms with E-state index in [2.05, 4.69) is 34.3 Å². The summed E-state index contributed by atoms with van der Waals surface area (Å²) in [7, 11) is 0. The van der Waals surface area contributed by atoms with E-state index in [0.29, 0.717) is 30.8 Å². The van der Waals surface area contributed by atoms with Gasteiger partial charge in [-0.25, -0.2) is 14.2 Å². The van der Waals surface area contributed by atoms with Crippen molar-refractivity contribution in [1.82, 2.24) is 15.1 Å². The number of ether oxygens (including phenoxy) is 1. The van der Waals surface area contributed by atoms with Crippen LogP contribution in [0.25, 0.3) is 0 Å². The van der Waals surface area contributed by atoms with E-state index in [1.54, 1.807) is 48.8 Å². The molecule has 2 aromatic carbocycles. The standard InChI is InChI=1S/C40H47F3N8O5S/c1-25-22-47(23-26(2)49(25)24-35(53)45-28-7-5-8-30(19-28)48-17-15-34(52)46-37(48)55)16-6-18-56-32-13-11-29(12-14-32)51-38(57)50(36(54)39(51,3)4)31-10-9-27(21-44)33(20-31)40(41,42)43/h5,7-10,19-20,25-26,32H,6,11-18,22-24H2,1-4H3,(H-,45,46,52,53,55)/p+1/t25-,26+,32?. The summed E-state index contributed by atoms with van der Waals surface area (Å²) in [6.07, 6.45) is -0.979. The molecule has 5 amide bonds. The second kappa shape index (κ2) is 17.0. The number of anilines is 3. The number of nitrogens with one attached hydrogen (secondary N) is 2. The molecule has 2 N–H and O–H groups in total. The molecule has 0 aromatic heterocycles. The van der Waals surface area contributed by atoms with Crippen LogP contribution in [0.3, 0.4) is 0 Å². The lowest BCUT2D eigenvalue weighted by Gasteiger charge is -2.44. The third kappa shape index (κ3) is 9.19. The van der Waals surface area contributed by atoms with Crippen LogP contribution in [0, 0.1) is 11.3 Å². The van der Waals surface area contributed by atoms with Crippen LogP contribution in [0.2, 0.25) is 0 Å². The van der Waals surface area contributed by atoms with E-state index in [9.17, 15) is 37.6 Å². The van der Waals surface area contributed by atoms with Crippen molar-refractivity contribution in [2.45, 2.75) is 96.1 Å². The maximum atomic E-state index is 13.7. The maximum Gasteiger partial charge on any atom is 0.417 e. The fourth-order valence-corrected chi connectivity index (χ4v) is 8.84. The van der Waals surface area contributed by atoms with E-state index in [0.717, 1.165) is 61.6 Å². The quantitative estimate of drug-likeness (QED) is 0.187. The van der Waals surface area contributed by atoms with E-state index in [1.165, 1.54) is 11.0 Å². The number of alkyl halides is 3. The third-order valence-corrected chi connectivity index (χ3v) is 11.5.